The van der Waals surface area contributed by atoms with Gasteiger partial charge in [0.05, 0.1) is 24.9 Å². The van der Waals surface area contributed by atoms with Crippen LogP contribution in [0.2, 0.25) is 0 Å². The van der Waals surface area contributed by atoms with Crippen LogP contribution < -0.4 is 14.8 Å². The lowest BCUT2D eigenvalue weighted by Gasteiger charge is -2.13. The van der Waals surface area contributed by atoms with E-state index in [4.69, 9.17) is 18.9 Å². The Morgan fingerprint density at radius 2 is 1.61 bits per heavy atom. The van der Waals surface area contributed by atoms with E-state index in [1.807, 2.05) is 79.7 Å². The number of hydrogen-bond acceptors (Lipinski definition) is 8. The summed E-state index contributed by atoms with van der Waals surface area (Å²) in [4.78, 5) is 9.35. The molecule has 33 heavy (non-hydrogen) atoms. The third kappa shape index (κ3) is 4.18. The quantitative estimate of drug-likeness (QED) is 0.355. The molecule has 0 fully saturated rings. The fourth-order valence-corrected chi connectivity index (χ4v) is 3.41. The topological polar surface area (TPSA) is 95.2 Å². The molecule has 0 bridgehead atoms. The fraction of sp³-hybridized carbons (Fsp3) is 0.120. The van der Waals surface area contributed by atoms with Gasteiger partial charge in [0.1, 0.15) is 17.3 Å². The Labute approximate surface area is 190 Å². The number of para-hydroxylation sites is 3. The maximum Gasteiger partial charge on any atom is 0.286 e. The number of fused-ring (bicyclic) bond motifs is 1. The van der Waals surface area contributed by atoms with Crippen LogP contribution in [0.15, 0.2) is 77.2 Å². The molecule has 2 heterocycles. The van der Waals surface area contributed by atoms with Crippen LogP contribution >= 0.6 is 0 Å². The number of benzene rings is 3. The first kappa shape index (κ1) is 20.4. The summed E-state index contributed by atoms with van der Waals surface area (Å²) in [6.07, 6.45) is 0. The summed E-state index contributed by atoms with van der Waals surface area (Å²) >= 11 is 0. The van der Waals surface area contributed by atoms with E-state index in [0.717, 1.165) is 33.7 Å². The lowest BCUT2D eigenvalue weighted by Crippen LogP contribution is -2.02. The van der Waals surface area contributed by atoms with E-state index in [0.29, 0.717) is 24.1 Å². The van der Waals surface area contributed by atoms with E-state index >= 15 is 0 Å². The standard InChI is InChI=1S/C25H21N5O3/c1-3-32-21-11-7-6-10-20(21)27-22-18-8-4-5-9-19(18)26-23(28-22)25-30-29-24(33-25)16-12-14-17(31-2)15-13-16/h4-15H,3H2,1-2H3,(H,26,27,28). The molecule has 5 rings (SSSR count). The average molecular weight is 439 g/mol. The molecule has 164 valence electrons. The van der Waals surface area contributed by atoms with Crippen molar-refractivity contribution < 1.29 is 13.9 Å². The molecule has 0 radical (unpaired) electrons. The van der Waals surface area contributed by atoms with Crippen LogP contribution in [0.4, 0.5) is 11.5 Å². The summed E-state index contributed by atoms with van der Waals surface area (Å²) in [7, 11) is 1.62. The molecule has 3 aromatic carbocycles. The third-order valence-electron chi connectivity index (χ3n) is 5.00. The number of aromatic nitrogens is 4. The van der Waals surface area contributed by atoms with Crippen LogP contribution in [0.1, 0.15) is 6.92 Å². The molecule has 0 saturated carbocycles. The molecule has 1 N–H and O–H groups in total. The maximum absolute atomic E-state index is 5.91. The molecule has 5 aromatic rings. The molecule has 0 saturated heterocycles. The molecule has 2 aromatic heterocycles. The highest BCUT2D eigenvalue weighted by Crippen LogP contribution is 2.32. The lowest BCUT2D eigenvalue weighted by molar-refractivity contribution is 0.342. The molecule has 0 aliphatic carbocycles. The van der Waals surface area contributed by atoms with Crippen molar-refractivity contribution in [2.75, 3.05) is 19.0 Å². The largest absolute Gasteiger partial charge is 0.497 e. The normalized spacial score (nSPS) is 10.8. The van der Waals surface area contributed by atoms with E-state index in [2.05, 4.69) is 20.5 Å². The Kier molecular flexibility index (Phi) is 5.55. The molecular weight excluding hydrogens is 418 g/mol. The summed E-state index contributed by atoms with van der Waals surface area (Å²) < 4.78 is 16.9. The minimum absolute atomic E-state index is 0.229. The Bertz CT molecular complexity index is 1400. The number of rotatable bonds is 7. The van der Waals surface area contributed by atoms with Gasteiger partial charge in [-0.15, -0.1) is 10.2 Å². The van der Waals surface area contributed by atoms with Gasteiger partial charge in [-0.2, -0.15) is 0 Å². The Morgan fingerprint density at radius 3 is 2.42 bits per heavy atom. The molecule has 0 aliphatic rings. The van der Waals surface area contributed by atoms with Crippen LogP contribution in [-0.4, -0.2) is 33.9 Å². The molecule has 8 heteroatoms. The van der Waals surface area contributed by atoms with E-state index in [1.165, 1.54) is 0 Å². The van der Waals surface area contributed by atoms with Crippen molar-refractivity contribution in [3.63, 3.8) is 0 Å². The lowest BCUT2D eigenvalue weighted by atomic mass is 10.2. The van der Waals surface area contributed by atoms with Crippen LogP contribution in [0.5, 0.6) is 11.5 Å². The maximum atomic E-state index is 5.91. The second-order valence-corrected chi connectivity index (χ2v) is 7.11. The Hall–Kier alpha value is -4.46. The first-order valence-electron chi connectivity index (χ1n) is 10.5. The van der Waals surface area contributed by atoms with Crippen molar-refractivity contribution in [1.29, 1.82) is 0 Å². The van der Waals surface area contributed by atoms with Gasteiger partial charge in [-0.3, -0.25) is 0 Å². The zero-order valence-corrected chi connectivity index (χ0v) is 18.1. The summed E-state index contributed by atoms with van der Waals surface area (Å²) in [5, 5.41) is 12.6. The van der Waals surface area contributed by atoms with Crippen molar-refractivity contribution in [3.8, 4) is 34.7 Å². The highest BCUT2D eigenvalue weighted by molar-refractivity contribution is 5.92. The zero-order chi connectivity index (χ0) is 22.6. The van der Waals surface area contributed by atoms with Gasteiger partial charge in [0.25, 0.3) is 5.89 Å². The van der Waals surface area contributed by atoms with Crippen LogP contribution in [-0.2, 0) is 0 Å². The monoisotopic (exact) mass is 439 g/mol. The smallest absolute Gasteiger partial charge is 0.286 e. The van der Waals surface area contributed by atoms with E-state index in [1.54, 1.807) is 7.11 Å². The molecule has 0 aliphatic heterocycles. The van der Waals surface area contributed by atoms with Crippen molar-refractivity contribution in [2.45, 2.75) is 6.92 Å². The van der Waals surface area contributed by atoms with Gasteiger partial charge in [-0.05, 0) is 55.5 Å². The minimum atomic E-state index is 0.229. The van der Waals surface area contributed by atoms with E-state index < -0.39 is 0 Å². The molecular formula is C25H21N5O3. The van der Waals surface area contributed by atoms with Gasteiger partial charge >= 0.3 is 0 Å². The zero-order valence-electron chi connectivity index (χ0n) is 18.1. The summed E-state index contributed by atoms with van der Waals surface area (Å²) in [6.45, 7) is 2.51. The number of nitrogens with zero attached hydrogens (tertiary/aromatic N) is 4. The fourth-order valence-electron chi connectivity index (χ4n) is 3.41. The SMILES string of the molecule is CCOc1ccccc1Nc1nc(-c2nnc(-c3ccc(OC)cc3)o2)nc2ccccc12. The second-order valence-electron chi connectivity index (χ2n) is 7.11. The second kappa shape index (κ2) is 8.96. The molecule has 0 amide bonds. The number of hydrogen-bond donors (Lipinski definition) is 1. The predicted octanol–water partition coefficient (Wildman–Crippen LogP) is 5.50. The van der Waals surface area contributed by atoms with Crippen molar-refractivity contribution in [1.82, 2.24) is 20.2 Å². The van der Waals surface area contributed by atoms with Gasteiger partial charge < -0.3 is 19.2 Å². The third-order valence-corrected chi connectivity index (χ3v) is 5.00. The number of ether oxygens (including phenoxy) is 2. The van der Waals surface area contributed by atoms with Crippen LogP contribution in [0, 0.1) is 0 Å². The van der Waals surface area contributed by atoms with Crippen molar-refractivity contribution in [3.05, 3.63) is 72.8 Å². The summed E-state index contributed by atoms with van der Waals surface area (Å²) in [5.74, 6) is 3.04. The molecule has 0 unspecified atom stereocenters. The van der Waals surface area contributed by atoms with Gasteiger partial charge in [0.2, 0.25) is 11.7 Å². The first-order chi connectivity index (χ1) is 16.2. The average Bonchev–Trinajstić information content (AvgIpc) is 3.36. The summed E-state index contributed by atoms with van der Waals surface area (Å²) in [5.41, 5.74) is 2.33. The van der Waals surface area contributed by atoms with Crippen LogP contribution in [0.3, 0.4) is 0 Å². The predicted molar refractivity (Wildman–Crippen MR) is 126 cm³/mol. The molecule has 8 nitrogen and oxygen atoms in total. The number of anilines is 2. The highest BCUT2D eigenvalue weighted by Gasteiger charge is 2.17. The van der Waals surface area contributed by atoms with Gasteiger partial charge in [0.15, 0.2) is 0 Å². The van der Waals surface area contributed by atoms with E-state index in [-0.39, 0.29) is 5.89 Å². The van der Waals surface area contributed by atoms with E-state index in [9.17, 15) is 0 Å². The Balaban J connectivity index is 1.54. The van der Waals surface area contributed by atoms with Crippen molar-refractivity contribution in [2.24, 2.45) is 0 Å². The minimum Gasteiger partial charge on any atom is -0.497 e. The first-order valence-corrected chi connectivity index (χ1v) is 10.5. The highest BCUT2D eigenvalue weighted by atomic mass is 16.5. The van der Waals surface area contributed by atoms with Crippen LogP contribution in [0.25, 0.3) is 34.1 Å². The van der Waals surface area contributed by atoms with Gasteiger partial charge in [-0.25, -0.2) is 9.97 Å². The number of nitrogens with one attached hydrogen (secondary N) is 1. The van der Waals surface area contributed by atoms with Gasteiger partial charge in [0, 0.05) is 10.9 Å². The van der Waals surface area contributed by atoms with Gasteiger partial charge in [-0.1, -0.05) is 24.3 Å². The van der Waals surface area contributed by atoms with Crippen molar-refractivity contribution >= 4 is 22.4 Å². The summed E-state index contributed by atoms with van der Waals surface area (Å²) in [6, 6.07) is 22.9. The Morgan fingerprint density at radius 1 is 0.848 bits per heavy atom. The molecule has 0 atom stereocenters. The molecule has 0 spiro atoms. The number of methoxy groups -OCH3 is 1.